The smallest absolute Gasteiger partial charge is 0.0162 e. The largest absolute Gasteiger partial charge is 0.329 e. The average molecular weight is 142 g/mol. The summed E-state index contributed by atoms with van der Waals surface area (Å²) in [6, 6.07) is 0.493. The van der Waals surface area contributed by atoms with Crippen molar-refractivity contribution < 1.29 is 0 Å². The molecule has 0 aromatic carbocycles. The van der Waals surface area contributed by atoms with Gasteiger partial charge < -0.3 is 11.1 Å². The molecule has 2 unspecified atom stereocenters. The van der Waals surface area contributed by atoms with Crippen LogP contribution in [-0.2, 0) is 0 Å². The van der Waals surface area contributed by atoms with E-state index in [-0.39, 0.29) is 0 Å². The summed E-state index contributed by atoms with van der Waals surface area (Å²) in [5.74, 6) is 1.89. The number of rotatable bonds is 4. The van der Waals surface area contributed by atoms with Gasteiger partial charge in [0.05, 0.1) is 0 Å². The Bertz CT molecular complexity index is 99.4. The van der Waals surface area contributed by atoms with E-state index < -0.39 is 0 Å². The molecule has 2 heteroatoms. The Kier molecular flexibility index (Phi) is 2.69. The van der Waals surface area contributed by atoms with Crippen molar-refractivity contribution in [3.63, 3.8) is 0 Å². The molecule has 1 aliphatic rings. The Hall–Kier alpha value is -0.0800. The molecule has 0 amide bonds. The van der Waals surface area contributed by atoms with Gasteiger partial charge in [-0.25, -0.2) is 0 Å². The van der Waals surface area contributed by atoms with Crippen LogP contribution in [0.4, 0.5) is 0 Å². The number of nitrogens with one attached hydrogen (secondary N) is 1. The first-order valence-corrected chi connectivity index (χ1v) is 4.17. The van der Waals surface area contributed by atoms with Crippen LogP contribution in [0.1, 0.15) is 20.3 Å². The summed E-state index contributed by atoms with van der Waals surface area (Å²) in [4.78, 5) is 0. The zero-order valence-electron chi connectivity index (χ0n) is 6.93. The van der Waals surface area contributed by atoms with E-state index in [1.54, 1.807) is 0 Å². The molecular weight excluding hydrogens is 124 g/mol. The van der Waals surface area contributed by atoms with Gasteiger partial charge in [0.2, 0.25) is 0 Å². The Balaban J connectivity index is 1.95. The SMILES string of the molecule is CC1CC1CN[C@@H](C)CN. The van der Waals surface area contributed by atoms with E-state index in [0.29, 0.717) is 6.04 Å². The van der Waals surface area contributed by atoms with E-state index in [1.807, 2.05) is 0 Å². The molecule has 60 valence electrons. The van der Waals surface area contributed by atoms with Crippen molar-refractivity contribution in [2.24, 2.45) is 17.6 Å². The van der Waals surface area contributed by atoms with E-state index in [4.69, 9.17) is 5.73 Å². The normalized spacial score (nSPS) is 33.9. The third-order valence-electron chi connectivity index (χ3n) is 2.36. The highest BCUT2D eigenvalue weighted by atomic mass is 14.9. The van der Waals surface area contributed by atoms with Crippen molar-refractivity contribution in [2.45, 2.75) is 26.3 Å². The molecule has 0 aliphatic heterocycles. The van der Waals surface area contributed by atoms with Gasteiger partial charge in [0.15, 0.2) is 0 Å². The summed E-state index contributed by atoms with van der Waals surface area (Å²) in [6.07, 6.45) is 1.41. The highest BCUT2D eigenvalue weighted by molar-refractivity contribution is 4.84. The minimum Gasteiger partial charge on any atom is -0.329 e. The van der Waals surface area contributed by atoms with Crippen molar-refractivity contribution in [2.75, 3.05) is 13.1 Å². The Morgan fingerprint density at radius 3 is 2.70 bits per heavy atom. The first kappa shape index (κ1) is 8.02. The van der Waals surface area contributed by atoms with Crippen molar-refractivity contribution in [1.82, 2.24) is 5.32 Å². The quantitative estimate of drug-likeness (QED) is 0.602. The Labute approximate surface area is 63.2 Å². The standard InChI is InChI=1S/C8H18N2/c1-6-3-8(6)5-10-7(2)4-9/h6-8,10H,3-5,9H2,1-2H3/t6?,7-,8?/m0/s1. The third kappa shape index (κ3) is 2.27. The fourth-order valence-corrected chi connectivity index (χ4v) is 1.12. The monoisotopic (exact) mass is 142 g/mol. The lowest BCUT2D eigenvalue weighted by Crippen LogP contribution is -2.34. The predicted octanol–water partition coefficient (Wildman–Crippen LogP) is 0.579. The maximum absolute atomic E-state index is 5.45. The third-order valence-corrected chi connectivity index (χ3v) is 2.36. The predicted molar refractivity (Wildman–Crippen MR) is 43.8 cm³/mol. The number of hydrogen-bond acceptors (Lipinski definition) is 2. The minimum atomic E-state index is 0.493. The van der Waals surface area contributed by atoms with Crippen LogP contribution in [0.25, 0.3) is 0 Å². The molecule has 0 radical (unpaired) electrons. The molecule has 3 atom stereocenters. The molecule has 3 N–H and O–H groups in total. The molecule has 1 aliphatic carbocycles. The van der Waals surface area contributed by atoms with Crippen LogP contribution < -0.4 is 11.1 Å². The molecule has 1 fully saturated rings. The lowest BCUT2D eigenvalue weighted by Gasteiger charge is -2.09. The summed E-state index contributed by atoms with van der Waals surface area (Å²) in [7, 11) is 0. The van der Waals surface area contributed by atoms with Gasteiger partial charge in [-0.15, -0.1) is 0 Å². The van der Waals surface area contributed by atoms with Gasteiger partial charge in [-0.05, 0) is 31.7 Å². The summed E-state index contributed by atoms with van der Waals surface area (Å²) < 4.78 is 0. The van der Waals surface area contributed by atoms with Gasteiger partial charge in [0.25, 0.3) is 0 Å². The maximum atomic E-state index is 5.45. The second-order valence-electron chi connectivity index (χ2n) is 3.52. The highest BCUT2D eigenvalue weighted by Gasteiger charge is 2.31. The molecule has 0 saturated heterocycles. The Morgan fingerprint density at radius 2 is 2.30 bits per heavy atom. The van der Waals surface area contributed by atoms with Gasteiger partial charge in [-0.1, -0.05) is 6.92 Å². The molecule has 0 spiro atoms. The minimum absolute atomic E-state index is 0.493. The molecule has 0 aromatic heterocycles. The zero-order valence-corrected chi connectivity index (χ0v) is 6.93. The topological polar surface area (TPSA) is 38.0 Å². The zero-order chi connectivity index (χ0) is 7.56. The summed E-state index contributed by atoms with van der Waals surface area (Å²) in [6.45, 7) is 6.35. The molecule has 0 aromatic rings. The molecule has 1 saturated carbocycles. The first-order chi connectivity index (χ1) is 4.74. The lowest BCUT2D eigenvalue weighted by molar-refractivity contribution is 0.523. The van der Waals surface area contributed by atoms with Crippen LogP contribution in [0.5, 0.6) is 0 Å². The molecule has 0 heterocycles. The Morgan fingerprint density at radius 1 is 1.70 bits per heavy atom. The summed E-state index contributed by atoms with van der Waals surface area (Å²) in [5.41, 5.74) is 5.45. The van der Waals surface area contributed by atoms with Crippen LogP contribution in [0.15, 0.2) is 0 Å². The fraction of sp³-hybridized carbons (Fsp3) is 1.00. The van der Waals surface area contributed by atoms with Gasteiger partial charge >= 0.3 is 0 Å². The van der Waals surface area contributed by atoms with Crippen molar-refractivity contribution in [3.05, 3.63) is 0 Å². The molecule has 0 bridgehead atoms. The highest BCUT2D eigenvalue weighted by Crippen LogP contribution is 2.36. The van der Waals surface area contributed by atoms with Crippen LogP contribution in [0, 0.1) is 11.8 Å². The van der Waals surface area contributed by atoms with E-state index in [9.17, 15) is 0 Å². The molecule has 1 rings (SSSR count). The molecule has 2 nitrogen and oxygen atoms in total. The lowest BCUT2D eigenvalue weighted by atomic mass is 10.3. The van der Waals surface area contributed by atoms with Crippen LogP contribution >= 0.6 is 0 Å². The van der Waals surface area contributed by atoms with E-state index in [0.717, 1.165) is 18.4 Å². The fourth-order valence-electron chi connectivity index (χ4n) is 1.12. The van der Waals surface area contributed by atoms with E-state index in [2.05, 4.69) is 19.2 Å². The number of nitrogens with two attached hydrogens (primary N) is 1. The van der Waals surface area contributed by atoms with Crippen LogP contribution in [0.3, 0.4) is 0 Å². The second-order valence-corrected chi connectivity index (χ2v) is 3.52. The molecule has 10 heavy (non-hydrogen) atoms. The van der Waals surface area contributed by atoms with Gasteiger partial charge in [-0.3, -0.25) is 0 Å². The van der Waals surface area contributed by atoms with Crippen molar-refractivity contribution in [1.29, 1.82) is 0 Å². The average Bonchev–Trinajstić information content (AvgIpc) is 2.61. The summed E-state index contributed by atoms with van der Waals surface area (Å²) >= 11 is 0. The summed E-state index contributed by atoms with van der Waals surface area (Å²) in [5, 5.41) is 3.40. The van der Waals surface area contributed by atoms with E-state index in [1.165, 1.54) is 13.0 Å². The van der Waals surface area contributed by atoms with Gasteiger partial charge in [0.1, 0.15) is 0 Å². The molecular formula is C8H18N2. The van der Waals surface area contributed by atoms with Crippen molar-refractivity contribution in [3.8, 4) is 0 Å². The second kappa shape index (κ2) is 3.35. The van der Waals surface area contributed by atoms with Crippen LogP contribution in [-0.4, -0.2) is 19.1 Å². The van der Waals surface area contributed by atoms with Crippen LogP contribution in [0.2, 0.25) is 0 Å². The first-order valence-electron chi connectivity index (χ1n) is 4.17. The van der Waals surface area contributed by atoms with E-state index >= 15 is 0 Å². The van der Waals surface area contributed by atoms with Gasteiger partial charge in [-0.2, -0.15) is 0 Å². The van der Waals surface area contributed by atoms with Gasteiger partial charge in [0, 0.05) is 12.6 Å². The van der Waals surface area contributed by atoms with Crippen molar-refractivity contribution >= 4 is 0 Å². The number of hydrogen-bond donors (Lipinski definition) is 2. The maximum Gasteiger partial charge on any atom is 0.0162 e.